The maximum absolute atomic E-state index is 12.5. The normalized spacial score (nSPS) is 12.3. The van der Waals surface area contributed by atoms with Crippen LogP contribution in [0.1, 0.15) is 11.4 Å². The summed E-state index contributed by atoms with van der Waals surface area (Å²) in [5.41, 5.74) is 1.05. The molecule has 19 heavy (non-hydrogen) atoms. The molecule has 110 valence electrons. The fourth-order valence-corrected chi connectivity index (χ4v) is 3.97. The zero-order valence-electron chi connectivity index (χ0n) is 11.8. The van der Waals surface area contributed by atoms with E-state index in [-0.39, 0.29) is 11.5 Å². The van der Waals surface area contributed by atoms with Gasteiger partial charge in [-0.1, -0.05) is 0 Å². The smallest absolute Gasteiger partial charge is 0.246 e. The largest absolute Gasteiger partial charge is 0.394 e. The van der Waals surface area contributed by atoms with Crippen LogP contribution in [0.25, 0.3) is 0 Å². The molecular formula is C11H21N3O3S2. The SMILES string of the molecule is CSCCN(C)S(=O)(=O)c1c(C)nn(CCO)c1C. The monoisotopic (exact) mass is 307 g/mol. The highest BCUT2D eigenvalue weighted by molar-refractivity contribution is 7.98. The van der Waals surface area contributed by atoms with Crippen molar-refractivity contribution in [3.8, 4) is 0 Å². The highest BCUT2D eigenvalue weighted by atomic mass is 32.2. The highest BCUT2D eigenvalue weighted by Gasteiger charge is 2.28. The first kappa shape index (κ1) is 16.5. The highest BCUT2D eigenvalue weighted by Crippen LogP contribution is 2.22. The molecule has 1 heterocycles. The molecule has 0 aromatic carbocycles. The van der Waals surface area contributed by atoms with E-state index in [4.69, 9.17) is 5.11 Å². The Labute approximate surface area is 118 Å². The van der Waals surface area contributed by atoms with Crippen LogP contribution in [0.4, 0.5) is 0 Å². The third-order valence-electron chi connectivity index (χ3n) is 2.91. The Balaban J connectivity index is 3.14. The lowest BCUT2D eigenvalue weighted by Crippen LogP contribution is -2.30. The Bertz CT molecular complexity index is 526. The molecule has 0 amide bonds. The lowest BCUT2D eigenvalue weighted by Gasteiger charge is -2.16. The minimum Gasteiger partial charge on any atom is -0.394 e. The number of aliphatic hydroxyl groups is 1. The standard InChI is InChI=1S/C11H21N3O3S2/c1-9-11(10(2)14(12-9)5-7-15)19(16,17)13(3)6-8-18-4/h15H,5-8H2,1-4H3. The molecule has 0 bridgehead atoms. The Morgan fingerprint density at radius 1 is 1.42 bits per heavy atom. The van der Waals surface area contributed by atoms with E-state index in [0.29, 0.717) is 24.5 Å². The maximum Gasteiger partial charge on any atom is 0.246 e. The van der Waals surface area contributed by atoms with Crippen LogP contribution in [0.3, 0.4) is 0 Å². The van der Waals surface area contributed by atoms with Gasteiger partial charge in [-0.2, -0.15) is 21.2 Å². The number of aromatic nitrogens is 2. The topological polar surface area (TPSA) is 75.4 Å². The summed E-state index contributed by atoms with van der Waals surface area (Å²) in [5.74, 6) is 0.749. The Hall–Kier alpha value is -0.570. The summed E-state index contributed by atoms with van der Waals surface area (Å²) in [6.45, 7) is 4.09. The van der Waals surface area contributed by atoms with Crippen molar-refractivity contribution in [2.24, 2.45) is 0 Å². The van der Waals surface area contributed by atoms with Crippen LogP contribution in [0.5, 0.6) is 0 Å². The second-order valence-corrected chi connectivity index (χ2v) is 7.23. The lowest BCUT2D eigenvalue weighted by atomic mass is 10.4. The van der Waals surface area contributed by atoms with Crippen LogP contribution < -0.4 is 0 Å². The number of aryl methyl sites for hydroxylation is 1. The quantitative estimate of drug-likeness (QED) is 0.793. The molecule has 1 aromatic rings. The van der Waals surface area contributed by atoms with Gasteiger partial charge in [0.05, 0.1) is 24.5 Å². The molecule has 0 spiro atoms. The lowest BCUT2D eigenvalue weighted by molar-refractivity contribution is 0.267. The first-order valence-corrected chi connectivity index (χ1v) is 8.79. The van der Waals surface area contributed by atoms with E-state index in [0.717, 1.165) is 5.75 Å². The molecule has 8 heteroatoms. The molecule has 0 saturated heterocycles. The van der Waals surface area contributed by atoms with Gasteiger partial charge in [-0.15, -0.1) is 0 Å². The van der Waals surface area contributed by atoms with Crippen molar-refractivity contribution in [3.05, 3.63) is 11.4 Å². The zero-order valence-corrected chi connectivity index (χ0v) is 13.4. The zero-order chi connectivity index (χ0) is 14.6. The van der Waals surface area contributed by atoms with Gasteiger partial charge in [0.2, 0.25) is 10.0 Å². The first-order valence-electron chi connectivity index (χ1n) is 5.96. The molecule has 0 unspecified atom stereocenters. The maximum atomic E-state index is 12.5. The van der Waals surface area contributed by atoms with Gasteiger partial charge in [0, 0.05) is 19.3 Å². The minimum atomic E-state index is -3.52. The summed E-state index contributed by atoms with van der Waals surface area (Å²) in [7, 11) is -1.94. The van der Waals surface area contributed by atoms with Gasteiger partial charge >= 0.3 is 0 Å². The number of hydrogen-bond donors (Lipinski definition) is 1. The van der Waals surface area contributed by atoms with Crippen molar-refractivity contribution < 1.29 is 13.5 Å². The van der Waals surface area contributed by atoms with Gasteiger partial charge in [0.1, 0.15) is 4.90 Å². The number of aliphatic hydroxyl groups excluding tert-OH is 1. The van der Waals surface area contributed by atoms with E-state index in [1.54, 1.807) is 32.7 Å². The van der Waals surface area contributed by atoms with E-state index in [1.807, 2.05) is 6.26 Å². The van der Waals surface area contributed by atoms with Gasteiger partial charge < -0.3 is 5.11 Å². The summed E-state index contributed by atoms with van der Waals surface area (Å²) < 4.78 is 27.9. The number of sulfonamides is 1. The van der Waals surface area contributed by atoms with Crippen molar-refractivity contribution in [2.75, 3.05) is 32.2 Å². The van der Waals surface area contributed by atoms with E-state index in [2.05, 4.69) is 5.10 Å². The molecule has 1 aromatic heterocycles. The van der Waals surface area contributed by atoms with Crippen LogP contribution in [-0.4, -0.2) is 59.8 Å². The predicted molar refractivity (Wildman–Crippen MR) is 77.0 cm³/mol. The Morgan fingerprint density at radius 3 is 2.58 bits per heavy atom. The molecule has 0 aliphatic carbocycles. The van der Waals surface area contributed by atoms with E-state index >= 15 is 0 Å². The second-order valence-electron chi connectivity index (χ2n) is 4.27. The third kappa shape index (κ3) is 3.50. The summed E-state index contributed by atoms with van der Waals surface area (Å²) in [6.07, 6.45) is 1.94. The van der Waals surface area contributed by atoms with Crippen LogP contribution in [-0.2, 0) is 16.6 Å². The molecule has 0 saturated carbocycles. The summed E-state index contributed by atoms with van der Waals surface area (Å²) in [4.78, 5) is 0.254. The fourth-order valence-electron chi connectivity index (χ4n) is 1.86. The van der Waals surface area contributed by atoms with Crippen molar-refractivity contribution in [1.29, 1.82) is 0 Å². The van der Waals surface area contributed by atoms with E-state index < -0.39 is 10.0 Å². The molecule has 0 atom stereocenters. The summed E-state index contributed by atoms with van der Waals surface area (Å²) in [5, 5.41) is 13.1. The number of rotatable bonds is 7. The average molecular weight is 307 g/mol. The number of hydrogen-bond acceptors (Lipinski definition) is 5. The van der Waals surface area contributed by atoms with Crippen molar-refractivity contribution >= 4 is 21.8 Å². The van der Waals surface area contributed by atoms with E-state index in [1.165, 1.54) is 8.99 Å². The molecule has 0 radical (unpaired) electrons. The molecule has 1 rings (SSSR count). The first-order chi connectivity index (χ1) is 8.86. The van der Waals surface area contributed by atoms with Gasteiger partial charge in [-0.05, 0) is 20.1 Å². The fraction of sp³-hybridized carbons (Fsp3) is 0.727. The van der Waals surface area contributed by atoms with E-state index in [9.17, 15) is 8.42 Å². The van der Waals surface area contributed by atoms with Crippen LogP contribution in [0.15, 0.2) is 4.90 Å². The number of thioether (sulfide) groups is 1. The Kier molecular flexibility index (Phi) is 5.84. The molecular weight excluding hydrogens is 286 g/mol. The molecule has 6 nitrogen and oxygen atoms in total. The van der Waals surface area contributed by atoms with Gasteiger partial charge in [-0.3, -0.25) is 4.68 Å². The number of nitrogens with zero attached hydrogens (tertiary/aromatic N) is 3. The summed E-state index contributed by atoms with van der Waals surface area (Å²) in [6, 6.07) is 0. The molecule has 1 N–H and O–H groups in total. The van der Waals surface area contributed by atoms with Crippen LogP contribution in [0, 0.1) is 13.8 Å². The van der Waals surface area contributed by atoms with Crippen LogP contribution in [0.2, 0.25) is 0 Å². The Morgan fingerprint density at radius 2 is 2.05 bits per heavy atom. The molecule has 0 fully saturated rings. The van der Waals surface area contributed by atoms with Crippen molar-refractivity contribution in [2.45, 2.75) is 25.3 Å². The summed E-state index contributed by atoms with van der Waals surface area (Å²) >= 11 is 1.60. The average Bonchev–Trinajstić information content (AvgIpc) is 2.62. The second kappa shape index (κ2) is 6.74. The molecule has 0 aliphatic rings. The van der Waals surface area contributed by atoms with Gasteiger partial charge in [-0.25, -0.2) is 8.42 Å². The van der Waals surface area contributed by atoms with Crippen LogP contribution >= 0.6 is 11.8 Å². The minimum absolute atomic E-state index is 0.0657. The van der Waals surface area contributed by atoms with Gasteiger partial charge in [0.15, 0.2) is 0 Å². The molecule has 0 aliphatic heterocycles. The predicted octanol–water partition coefficient (Wildman–Crippen LogP) is 0.476. The van der Waals surface area contributed by atoms with Crippen molar-refractivity contribution in [3.63, 3.8) is 0 Å². The third-order valence-corrected chi connectivity index (χ3v) is 5.61. The van der Waals surface area contributed by atoms with Gasteiger partial charge in [0.25, 0.3) is 0 Å². The van der Waals surface area contributed by atoms with Crippen molar-refractivity contribution in [1.82, 2.24) is 14.1 Å².